The van der Waals surface area contributed by atoms with Crippen LogP contribution in [0.5, 0.6) is 0 Å². The number of carbonyl (C=O) groups excluding carboxylic acids is 1. The van der Waals surface area contributed by atoms with Crippen LogP contribution < -0.4 is 5.73 Å². The maximum atomic E-state index is 12.3. The summed E-state index contributed by atoms with van der Waals surface area (Å²) in [5, 5.41) is 11.9. The normalized spacial score (nSPS) is 25.8. The van der Waals surface area contributed by atoms with Gasteiger partial charge >= 0.3 is 0 Å². The van der Waals surface area contributed by atoms with Gasteiger partial charge in [0.05, 0.1) is 11.6 Å². The predicted molar refractivity (Wildman–Crippen MR) is 88.6 cm³/mol. The standard InChI is InChI=1S/C17H25ClN2O2/c1-4-14(19)15(21)20-10-9-17(22,16(2,3)11-20)12-5-7-13(18)8-6-12/h5-8,14,22H,4,9-11,19H2,1-3H3. The van der Waals surface area contributed by atoms with Crippen molar-refractivity contribution in [1.82, 2.24) is 4.90 Å². The molecule has 2 rings (SSSR count). The summed E-state index contributed by atoms with van der Waals surface area (Å²) in [7, 11) is 0. The Hall–Kier alpha value is -1.10. The van der Waals surface area contributed by atoms with Crippen molar-refractivity contribution in [3.05, 3.63) is 34.9 Å². The number of nitrogens with zero attached hydrogens (tertiary/aromatic N) is 1. The molecule has 1 aromatic rings. The van der Waals surface area contributed by atoms with Crippen molar-refractivity contribution in [3.63, 3.8) is 0 Å². The van der Waals surface area contributed by atoms with Gasteiger partial charge in [0.25, 0.3) is 0 Å². The lowest BCUT2D eigenvalue weighted by molar-refractivity contribution is -0.154. The molecule has 3 N–H and O–H groups in total. The third-order valence-corrected chi connectivity index (χ3v) is 5.09. The second-order valence-corrected chi connectivity index (χ2v) is 7.21. The van der Waals surface area contributed by atoms with E-state index in [-0.39, 0.29) is 5.91 Å². The van der Waals surface area contributed by atoms with Gasteiger partial charge in [-0.05, 0) is 30.5 Å². The summed E-state index contributed by atoms with van der Waals surface area (Å²) in [5.41, 5.74) is 5.25. The zero-order chi connectivity index (χ0) is 16.5. The fraction of sp³-hybridized carbons (Fsp3) is 0.588. The van der Waals surface area contributed by atoms with Crippen molar-refractivity contribution in [2.24, 2.45) is 11.1 Å². The molecule has 22 heavy (non-hydrogen) atoms. The third kappa shape index (κ3) is 3.00. The van der Waals surface area contributed by atoms with Crippen LogP contribution >= 0.6 is 11.6 Å². The van der Waals surface area contributed by atoms with E-state index >= 15 is 0 Å². The molecule has 0 aromatic heterocycles. The number of benzene rings is 1. The molecular weight excluding hydrogens is 300 g/mol. The molecule has 1 fully saturated rings. The Balaban J connectivity index is 2.24. The van der Waals surface area contributed by atoms with Crippen LogP contribution in [-0.4, -0.2) is 35.0 Å². The van der Waals surface area contributed by atoms with Crippen molar-refractivity contribution in [2.75, 3.05) is 13.1 Å². The molecule has 2 unspecified atom stereocenters. The number of hydrogen-bond donors (Lipinski definition) is 2. The van der Waals surface area contributed by atoms with Crippen LogP contribution in [0.3, 0.4) is 0 Å². The molecule has 4 nitrogen and oxygen atoms in total. The highest BCUT2D eigenvalue weighted by atomic mass is 35.5. The van der Waals surface area contributed by atoms with Gasteiger partial charge in [-0.15, -0.1) is 0 Å². The zero-order valence-electron chi connectivity index (χ0n) is 13.5. The quantitative estimate of drug-likeness (QED) is 0.897. The Labute approximate surface area is 137 Å². The van der Waals surface area contributed by atoms with Gasteiger partial charge in [0.1, 0.15) is 0 Å². The maximum Gasteiger partial charge on any atom is 0.239 e. The summed E-state index contributed by atoms with van der Waals surface area (Å²) in [6.45, 7) is 6.87. The van der Waals surface area contributed by atoms with Gasteiger partial charge in [0.15, 0.2) is 0 Å². The minimum Gasteiger partial charge on any atom is -0.384 e. The molecule has 1 heterocycles. The van der Waals surface area contributed by atoms with E-state index < -0.39 is 17.1 Å². The van der Waals surface area contributed by atoms with Crippen molar-refractivity contribution in [3.8, 4) is 0 Å². The van der Waals surface area contributed by atoms with Crippen LogP contribution in [0.1, 0.15) is 39.2 Å². The Morgan fingerprint density at radius 2 is 2.00 bits per heavy atom. The summed E-state index contributed by atoms with van der Waals surface area (Å²) in [5.74, 6) is -0.0336. The monoisotopic (exact) mass is 324 g/mol. The van der Waals surface area contributed by atoms with E-state index in [9.17, 15) is 9.90 Å². The average Bonchev–Trinajstić information content (AvgIpc) is 2.49. The first kappa shape index (κ1) is 17.3. The molecule has 1 aliphatic rings. The third-order valence-electron chi connectivity index (χ3n) is 4.84. The summed E-state index contributed by atoms with van der Waals surface area (Å²) in [6, 6.07) is 6.83. The number of nitrogens with two attached hydrogens (primary N) is 1. The van der Waals surface area contributed by atoms with E-state index in [1.807, 2.05) is 32.9 Å². The van der Waals surface area contributed by atoms with Crippen LogP contribution in [0, 0.1) is 5.41 Å². The van der Waals surface area contributed by atoms with Crippen LogP contribution in [0.25, 0.3) is 0 Å². The predicted octanol–water partition coefficient (Wildman–Crippen LogP) is 2.52. The first-order valence-electron chi connectivity index (χ1n) is 7.74. The molecule has 1 aliphatic heterocycles. The molecule has 2 atom stereocenters. The molecule has 122 valence electrons. The molecule has 0 bridgehead atoms. The molecule has 0 saturated carbocycles. The van der Waals surface area contributed by atoms with Gasteiger partial charge in [-0.3, -0.25) is 4.79 Å². The molecule has 1 saturated heterocycles. The SMILES string of the molecule is CCC(N)C(=O)N1CCC(O)(c2ccc(Cl)cc2)C(C)(C)C1. The van der Waals surface area contributed by atoms with Gasteiger partial charge in [-0.1, -0.05) is 44.5 Å². The first-order chi connectivity index (χ1) is 10.2. The molecule has 0 radical (unpaired) electrons. The maximum absolute atomic E-state index is 12.3. The second kappa shape index (κ2) is 6.19. The number of likely N-dealkylation sites (tertiary alicyclic amines) is 1. The lowest BCUT2D eigenvalue weighted by Gasteiger charge is -2.51. The molecule has 1 amide bonds. The summed E-state index contributed by atoms with van der Waals surface area (Å²) in [6.07, 6.45) is 1.11. The number of hydrogen-bond acceptors (Lipinski definition) is 3. The van der Waals surface area contributed by atoms with Crippen LogP contribution in [0.4, 0.5) is 0 Å². The number of aliphatic hydroxyl groups is 1. The Morgan fingerprint density at radius 3 is 2.50 bits per heavy atom. The van der Waals surface area contributed by atoms with Crippen molar-refractivity contribution < 1.29 is 9.90 Å². The van der Waals surface area contributed by atoms with Crippen LogP contribution in [-0.2, 0) is 10.4 Å². The number of carbonyl (C=O) groups is 1. The Morgan fingerprint density at radius 1 is 1.41 bits per heavy atom. The smallest absolute Gasteiger partial charge is 0.239 e. The minimum absolute atomic E-state index is 0.0336. The van der Waals surface area contributed by atoms with Crippen molar-refractivity contribution in [1.29, 1.82) is 0 Å². The van der Waals surface area contributed by atoms with Gasteiger partial charge in [0.2, 0.25) is 5.91 Å². The fourth-order valence-corrected chi connectivity index (χ4v) is 3.31. The summed E-state index contributed by atoms with van der Waals surface area (Å²) >= 11 is 5.93. The summed E-state index contributed by atoms with van der Waals surface area (Å²) in [4.78, 5) is 14.1. The van der Waals surface area contributed by atoms with Crippen LogP contribution in [0.15, 0.2) is 24.3 Å². The molecule has 5 heteroatoms. The van der Waals surface area contributed by atoms with E-state index in [1.54, 1.807) is 17.0 Å². The number of halogens is 1. The van der Waals surface area contributed by atoms with Crippen LogP contribution in [0.2, 0.25) is 5.02 Å². The lowest BCUT2D eigenvalue weighted by Crippen LogP contribution is -2.58. The van der Waals surface area contributed by atoms with Gasteiger partial charge < -0.3 is 15.7 Å². The highest BCUT2D eigenvalue weighted by Gasteiger charge is 2.49. The number of rotatable bonds is 3. The fourth-order valence-electron chi connectivity index (χ4n) is 3.18. The molecule has 0 spiro atoms. The van der Waals surface area contributed by atoms with Gasteiger partial charge in [0, 0.05) is 23.5 Å². The molecular formula is C17H25ClN2O2. The summed E-state index contributed by atoms with van der Waals surface area (Å²) < 4.78 is 0. The van der Waals surface area contributed by atoms with E-state index in [0.717, 1.165) is 5.56 Å². The second-order valence-electron chi connectivity index (χ2n) is 6.78. The number of amides is 1. The van der Waals surface area contributed by atoms with E-state index in [4.69, 9.17) is 17.3 Å². The molecule has 0 aliphatic carbocycles. The topological polar surface area (TPSA) is 66.6 Å². The highest BCUT2D eigenvalue weighted by Crippen LogP contribution is 2.46. The van der Waals surface area contributed by atoms with Crippen molar-refractivity contribution in [2.45, 2.75) is 45.3 Å². The van der Waals surface area contributed by atoms with E-state index in [2.05, 4.69) is 0 Å². The minimum atomic E-state index is -0.981. The zero-order valence-corrected chi connectivity index (χ0v) is 14.2. The lowest BCUT2D eigenvalue weighted by atomic mass is 9.66. The van der Waals surface area contributed by atoms with Crippen molar-refractivity contribution >= 4 is 17.5 Å². The first-order valence-corrected chi connectivity index (χ1v) is 8.12. The largest absolute Gasteiger partial charge is 0.384 e. The number of piperidine rings is 1. The Bertz CT molecular complexity index is 544. The Kier molecular flexibility index (Phi) is 4.85. The van der Waals surface area contributed by atoms with E-state index in [0.29, 0.717) is 31.0 Å². The van der Waals surface area contributed by atoms with Gasteiger partial charge in [-0.25, -0.2) is 0 Å². The average molecular weight is 325 g/mol. The highest BCUT2D eigenvalue weighted by molar-refractivity contribution is 6.30. The van der Waals surface area contributed by atoms with Gasteiger partial charge in [-0.2, -0.15) is 0 Å². The molecule has 1 aromatic carbocycles. The van der Waals surface area contributed by atoms with E-state index in [1.165, 1.54) is 0 Å².